The van der Waals surface area contributed by atoms with Gasteiger partial charge in [0.1, 0.15) is 11.5 Å². The van der Waals surface area contributed by atoms with Crippen molar-refractivity contribution in [2.75, 3.05) is 18.5 Å². The van der Waals surface area contributed by atoms with Gasteiger partial charge in [-0.15, -0.1) is 0 Å². The molecule has 0 aliphatic rings. The number of amides is 1. The molecule has 1 heterocycles. The van der Waals surface area contributed by atoms with E-state index in [1.54, 1.807) is 30.3 Å². The van der Waals surface area contributed by atoms with Gasteiger partial charge < -0.3 is 19.3 Å². The Morgan fingerprint density at radius 2 is 1.68 bits per heavy atom. The van der Waals surface area contributed by atoms with E-state index in [4.69, 9.17) is 14.0 Å². The lowest BCUT2D eigenvalue weighted by molar-refractivity contribution is 0.101. The van der Waals surface area contributed by atoms with Gasteiger partial charge in [-0.25, -0.2) is 0 Å². The number of ether oxygens (including phenoxy) is 2. The Balaban J connectivity index is 1.62. The van der Waals surface area contributed by atoms with Crippen LogP contribution in [0.15, 0.2) is 59.1 Å². The molecule has 0 spiro atoms. The Hall–Kier alpha value is -3.28. The minimum absolute atomic E-state index is 0.215. The summed E-state index contributed by atoms with van der Waals surface area (Å²) in [6.45, 7) is 5.35. The van der Waals surface area contributed by atoms with Crippen LogP contribution < -0.4 is 14.8 Å². The van der Waals surface area contributed by atoms with Gasteiger partial charge in [0.2, 0.25) is 0 Å². The standard InChI is InChI=1S/C22H24N2O4/c1-3-5-14-27-19-10-6-16(7-11-19)21-15-20(24-28-21)22(25)23-17-8-12-18(13-9-17)26-4-2/h6-13,15H,3-5,14H2,1-2H3,(H,23,25). The van der Waals surface area contributed by atoms with Crippen molar-refractivity contribution in [3.05, 3.63) is 60.3 Å². The molecule has 0 radical (unpaired) electrons. The molecule has 1 aromatic heterocycles. The van der Waals surface area contributed by atoms with Gasteiger partial charge in [-0.2, -0.15) is 0 Å². The fourth-order valence-corrected chi connectivity index (χ4v) is 2.56. The summed E-state index contributed by atoms with van der Waals surface area (Å²) in [5, 5.41) is 6.67. The smallest absolute Gasteiger partial charge is 0.277 e. The summed E-state index contributed by atoms with van der Waals surface area (Å²) in [5.41, 5.74) is 1.70. The number of unbranched alkanes of at least 4 members (excludes halogenated alkanes) is 1. The van der Waals surface area contributed by atoms with Gasteiger partial charge in [-0.1, -0.05) is 18.5 Å². The van der Waals surface area contributed by atoms with Crippen LogP contribution in [0, 0.1) is 0 Å². The van der Waals surface area contributed by atoms with Crippen molar-refractivity contribution >= 4 is 11.6 Å². The molecule has 28 heavy (non-hydrogen) atoms. The van der Waals surface area contributed by atoms with Crippen LogP contribution in [0.25, 0.3) is 11.3 Å². The molecular weight excluding hydrogens is 356 g/mol. The van der Waals surface area contributed by atoms with Crippen molar-refractivity contribution in [3.8, 4) is 22.8 Å². The van der Waals surface area contributed by atoms with Crippen molar-refractivity contribution in [1.29, 1.82) is 0 Å². The highest BCUT2D eigenvalue weighted by Crippen LogP contribution is 2.24. The number of rotatable bonds is 9. The number of anilines is 1. The molecule has 146 valence electrons. The largest absolute Gasteiger partial charge is 0.494 e. The van der Waals surface area contributed by atoms with E-state index in [0.717, 1.165) is 29.9 Å². The highest BCUT2D eigenvalue weighted by atomic mass is 16.5. The van der Waals surface area contributed by atoms with Crippen LogP contribution in [0.1, 0.15) is 37.2 Å². The van der Waals surface area contributed by atoms with E-state index in [1.165, 1.54) is 0 Å². The maximum atomic E-state index is 12.4. The van der Waals surface area contributed by atoms with Gasteiger partial charge in [0.05, 0.1) is 13.2 Å². The molecular formula is C22H24N2O4. The van der Waals surface area contributed by atoms with E-state index < -0.39 is 0 Å². The van der Waals surface area contributed by atoms with Crippen LogP contribution in [0.4, 0.5) is 5.69 Å². The van der Waals surface area contributed by atoms with E-state index in [1.807, 2.05) is 31.2 Å². The molecule has 0 aliphatic carbocycles. The summed E-state index contributed by atoms with van der Waals surface area (Å²) in [5.74, 6) is 1.76. The zero-order valence-electron chi connectivity index (χ0n) is 16.1. The third-order valence-corrected chi connectivity index (χ3v) is 4.07. The van der Waals surface area contributed by atoms with Gasteiger partial charge in [0, 0.05) is 17.3 Å². The number of hydrogen-bond donors (Lipinski definition) is 1. The number of carbonyl (C=O) groups is 1. The molecule has 0 fully saturated rings. The average Bonchev–Trinajstić information content (AvgIpc) is 3.21. The van der Waals surface area contributed by atoms with Gasteiger partial charge in [0.15, 0.2) is 11.5 Å². The van der Waals surface area contributed by atoms with Crippen molar-refractivity contribution < 1.29 is 18.8 Å². The first-order valence-corrected chi connectivity index (χ1v) is 9.43. The molecule has 2 aromatic carbocycles. The molecule has 0 saturated carbocycles. The Morgan fingerprint density at radius 3 is 2.36 bits per heavy atom. The predicted molar refractivity (Wildman–Crippen MR) is 108 cm³/mol. The number of carbonyl (C=O) groups excluding carboxylic acids is 1. The van der Waals surface area contributed by atoms with E-state index in [-0.39, 0.29) is 11.6 Å². The molecule has 0 bridgehead atoms. The number of benzene rings is 2. The molecule has 1 N–H and O–H groups in total. The first kappa shape index (κ1) is 19.5. The molecule has 3 aromatic rings. The molecule has 0 saturated heterocycles. The van der Waals surface area contributed by atoms with Gasteiger partial charge in [0.25, 0.3) is 5.91 Å². The Labute approximate surface area is 164 Å². The lowest BCUT2D eigenvalue weighted by atomic mass is 10.1. The number of aromatic nitrogens is 1. The molecule has 0 atom stereocenters. The van der Waals surface area contributed by atoms with Crippen molar-refractivity contribution in [2.24, 2.45) is 0 Å². The fourth-order valence-electron chi connectivity index (χ4n) is 2.56. The molecule has 0 unspecified atom stereocenters. The van der Waals surface area contributed by atoms with Gasteiger partial charge >= 0.3 is 0 Å². The summed E-state index contributed by atoms with van der Waals surface area (Å²) >= 11 is 0. The number of hydrogen-bond acceptors (Lipinski definition) is 5. The van der Waals surface area contributed by atoms with Crippen LogP contribution >= 0.6 is 0 Å². The van der Waals surface area contributed by atoms with E-state index in [9.17, 15) is 4.79 Å². The monoisotopic (exact) mass is 380 g/mol. The Kier molecular flexibility index (Phi) is 6.68. The van der Waals surface area contributed by atoms with E-state index in [0.29, 0.717) is 24.7 Å². The molecule has 0 aliphatic heterocycles. The second-order valence-electron chi connectivity index (χ2n) is 6.21. The topological polar surface area (TPSA) is 73.6 Å². The summed E-state index contributed by atoms with van der Waals surface area (Å²) in [6.07, 6.45) is 2.12. The average molecular weight is 380 g/mol. The molecule has 6 nitrogen and oxygen atoms in total. The minimum atomic E-state index is -0.335. The summed E-state index contributed by atoms with van der Waals surface area (Å²) < 4.78 is 16.4. The summed E-state index contributed by atoms with van der Waals surface area (Å²) in [6, 6.07) is 16.3. The van der Waals surface area contributed by atoms with Crippen molar-refractivity contribution in [3.63, 3.8) is 0 Å². The zero-order valence-corrected chi connectivity index (χ0v) is 16.1. The van der Waals surface area contributed by atoms with E-state index in [2.05, 4.69) is 17.4 Å². The summed E-state index contributed by atoms with van der Waals surface area (Å²) in [4.78, 5) is 12.4. The zero-order chi connectivity index (χ0) is 19.8. The lowest BCUT2D eigenvalue weighted by Gasteiger charge is -2.05. The highest BCUT2D eigenvalue weighted by molar-refractivity contribution is 6.03. The van der Waals surface area contributed by atoms with Gasteiger partial charge in [-0.3, -0.25) is 4.79 Å². The Bertz CT molecular complexity index is 886. The van der Waals surface area contributed by atoms with E-state index >= 15 is 0 Å². The lowest BCUT2D eigenvalue weighted by Crippen LogP contribution is -2.12. The summed E-state index contributed by atoms with van der Waals surface area (Å²) in [7, 11) is 0. The quantitative estimate of drug-likeness (QED) is 0.518. The molecule has 3 rings (SSSR count). The minimum Gasteiger partial charge on any atom is -0.494 e. The van der Waals surface area contributed by atoms with Crippen LogP contribution in [0.2, 0.25) is 0 Å². The SMILES string of the molecule is CCCCOc1ccc(-c2cc(C(=O)Nc3ccc(OCC)cc3)no2)cc1. The van der Waals surface area contributed by atoms with Crippen LogP contribution in [-0.4, -0.2) is 24.3 Å². The van der Waals surface area contributed by atoms with Crippen LogP contribution in [-0.2, 0) is 0 Å². The van der Waals surface area contributed by atoms with Gasteiger partial charge in [-0.05, 0) is 61.9 Å². The normalized spacial score (nSPS) is 10.5. The molecule has 6 heteroatoms. The maximum absolute atomic E-state index is 12.4. The Morgan fingerprint density at radius 1 is 1.00 bits per heavy atom. The second-order valence-corrected chi connectivity index (χ2v) is 6.21. The third kappa shape index (κ3) is 5.13. The highest BCUT2D eigenvalue weighted by Gasteiger charge is 2.14. The fraction of sp³-hybridized carbons (Fsp3) is 0.273. The predicted octanol–water partition coefficient (Wildman–Crippen LogP) is 5.17. The first-order chi connectivity index (χ1) is 13.7. The number of nitrogens with one attached hydrogen (secondary N) is 1. The third-order valence-electron chi connectivity index (χ3n) is 4.07. The molecule has 1 amide bonds. The van der Waals surface area contributed by atoms with Crippen LogP contribution in [0.3, 0.4) is 0 Å². The van der Waals surface area contributed by atoms with Crippen LogP contribution in [0.5, 0.6) is 11.5 Å². The first-order valence-electron chi connectivity index (χ1n) is 9.43. The maximum Gasteiger partial charge on any atom is 0.277 e. The number of nitrogens with zero attached hydrogens (tertiary/aromatic N) is 1. The van der Waals surface area contributed by atoms with Crippen molar-refractivity contribution in [1.82, 2.24) is 5.16 Å². The second kappa shape index (κ2) is 9.60. The van der Waals surface area contributed by atoms with Crippen molar-refractivity contribution in [2.45, 2.75) is 26.7 Å².